The van der Waals surface area contributed by atoms with E-state index in [1.165, 1.54) is 32.1 Å². The van der Waals surface area contributed by atoms with Crippen LogP contribution >= 0.6 is 0 Å². The van der Waals surface area contributed by atoms with Crippen molar-refractivity contribution in [2.24, 2.45) is 11.8 Å². The Labute approximate surface area is 117 Å². The Morgan fingerprint density at radius 2 is 1.95 bits per heavy atom. The second-order valence-electron chi connectivity index (χ2n) is 6.63. The summed E-state index contributed by atoms with van der Waals surface area (Å²) in [5.74, 6) is 1.59. The van der Waals surface area contributed by atoms with Crippen LogP contribution in [0.2, 0.25) is 0 Å². The van der Waals surface area contributed by atoms with Gasteiger partial charge in [0, 0.05) is 12.1 Å². The molecule has 1 aliphatic carbocycles. The fourth-order valence-corrected chi connectivity index (χ4v) is 3.52. The van der Waals surface area contributed by atoms with E-state index >= 15 is 0 Å². The van der Waals surface area contributed by atoms with Gasteiger partial charge in [-0.1, -0.05) is 33.1 Å². The highest BCUT2D eigenvalue weighted by Gasteiger charge is 2.34. The maximum absolute atomic E-state index is 12.3. The molecule has 2 rings (SSSR count). The maximum Gasteiger partial charge on any atom is 0.237 e. The molecular formula is C16H30N2O. The molecule has 3 nitrogen and oxygen atoms in total. The monoisotopic (exact) mass is 266 g/mol. The second kappa shape index (κ2) is 6.74. The van der Waals surface area contributed by atoms with Gasteiger partial charge in [-0.2, -0.15) is 0 Å². The topological polar surface area (TPSA) is 41.1 Å². The molecule has 0 aromatic rings. The van der Waals surface area contributed by atoms with E-state index in [1.54, 1.807) is 0 Å². The lowest BCUT2D eigenvalue weighted by Crippen LogP contribution is -2.56. The fourth-order valence-electron chi connectivity index (χ4n) is 3.52. The van der Waals surface area contributed by atoms with E-state index in [2.05, 4.69) is 31.4 Å². The van der Waals surface area contributed by atoms with Crippen LogP contribution in [0.3, 0.4) is 0 Å². The molecule has 110 valence electrons. The van der Waals surface area contributed by atoms with Crippen molar-refractivity contribution in [2.45, 2.75) is 83.8 Å². The average molecular weight is 266 g/mol. The predicted molar refractivity (Wildman–Crippen MR) is 79.0 cm³/mol. The number of rotatable bonds is 4. The molecule has 5 atom stereocenters. The summed E-state index contributed by atoms with van der Waals surface area (Å²) in [6.07, 6.45) is 8.68. The van der Waals surface area contributed by atoms with Crippen LogP contribution in [0.15, 0.2) is 0 Å². The third-order valence-corrected chi connectivity index (χ3v) is 5.33. The minimum Gasteiger partial charge on any atom is -0.352 e. The second-order valence-corrected chi connectivity index (χ2v) is 6.63. The standard InChI is InChI=1S/C16H30N2O/c1-4-11(2)12(3)17-16(19)15-10-9-13-7-5-6-8-14(13)18-15/h11-15,18H,4-10H2,1-3H3,(H,17,19). The number of piperidine rings is 1. The van der Waals surface area contributed by atoms with E-state index in [0.717, 1.165) is 18.8 Å². The summed E-state index contributed by atoms with van der Waals surface area (Å²) < 4.78 is 0. The normalized spacial score (nSPS) is 34.2. The van der Waals surface area contributed by atoms with Crippen molar-refractivity contribution in [1.82, 2.24) is 10.6 Å². The summed E-state index contributed by atoms with van der Waals surface area (Å²) in [6.45, 7) is 6.51. The highest BCUT2D eigenvalue weighted by Crippen LogP contribution is 2.32. The summed E-state index contributed by atoms with van der Waals surface area (Å²) in [6, 6.07) is 0.923. The lowest BCUT2D eigenvalue weighted by Gasteiger charge is -2.40. The number of amides is 1. The summed E-state index contributed by atoms with van der Waals surface area (Å²) in [4.78, 5) is 12.3. The average Bonchev–Trinajstić information content (AvgIpc) is 2.45. The third-order valence-electron chi connectivity index (χ3n) is 5.33. The number of hydrogen-bond acceptors (Lipinski definition) is 2. The first kappa shape index (κ1) is 14.8. The van der Waals surface area contributed by atoms with Gasteiger partial charge < -0.3 is 10.6 Å². The first-order valence-corrected chi connectivity index (χ1v) is 8.18. The fraction of sp³-hybridized carbons (Fsp3) is 0.938. The van der Waals surface area contributed by atoms with Crippen molar-refractivity contribution in [1.29, 1.82) is 0 Å². The first-order chi connectivity index (χ1) is 9.11. The van der Waals surface area contributed by atoms with Gasteiger partial charge in [-0.15, -0.1) is 0 Å². The number of fused-ring (bicyclic) bond motifs is 1. The van der Waals surface area contributed by atoms with Crippen molar-refractivity contribution in [3.05, 3.63) is 0 Å². The molecule has 0 aromatic heterocycles. The third kappa shape index (κ3) is 3.71. The molecular weight excluding hydrogens is 236 g/mol. The van der Waals surface area contributed by atoms with E-state index in [0.29, 0.717) is 12.0 Å². The predicted octanol–water partition coefficient (Wildman–Crippen LogP) is 2.85. The van der Waals surface area contributed by atoms with Crippen LogP contribution in [0.1, 0.15) is 65.7 Å². The van der Waals surface area contributed by atoms with Gasteiger partial charge in [0.2, 0.25) is 5.91 Å². The zero-order valence-electron chi connectivity index (χ0n) is 12.7. The molecule has 19 heavy (non-hydrogen) atoms. The number of carbonyl (C=O) groups excluding carboxylic acids is 1. The molecule has 5 unspecified atom stereocenters. The Morgan fingerprint density at radius 3 is 2.68 bits per heavy atom. The van der Waals surface area contributed by atoms with Crippen molar-refractivity contribution in [3.8, 4) is 0 Å². The van der Waals surface area contributed by atoms with Gasteiger partial charge in [-0.05, 0) is 44.4 Å². The summed E-state index contributed by atoms with van der Waals surface area (Å²) >= 11 is 0. The van der Waals surface area contributed by atoms with Crippen molar-refractivity contribution in [3.63, 3.8) is 0 Å². The van der Waals surface area contributed by atoms with Crippen molar-refractivity contribution < 1.29 is 4.79 Å². The quantitative estimate of drug-likeness (QED) is 0.821. The molecule has 0 aromatic carbocycles. The van der Waals surface area contributed by atoms with Gasteiger partial charge in [0.15, 0.2) is 0 Å². The Morgan fingerprint density at radius 1 is 1.21 bits per heavy atom. The Kier molecular flexibility index (Phi) is 5.26. The molecule has 2 N–H and O–H groups in total. The van der Waals surface area contributed by atoms with Crippen molar-refractivity contribution >= 4 is 5.91 Å². The molecule has 2 fully saturated rings. The highest BCUT2D eigenvalue weighted by atomic mass is 16.2. The number of nitrogens with one attached hydrogen (secondary N) is 2. The van der Waals surface area contributed by atoms with E-state index in [-0.39, 0.29) is 18.0 Å². The molecule has 1 saturated heterocycles. The zero-order chi connectivity index (χ0) is 13.8. The van der Waals surface area contributed by atoms with Gasteiger partial charge in [0.25, 0.3) is 0 Å². The maximum atomic E-state index is 12.3. The molecule has 2 aliphatic rings. The smallest absolute Gasteiger partial charge is 0.237 e. The molecule has 1 heterocycles. The van der Waals surface area contributed by atoms with Gasteiger partial charge in [-0.3, -0.25) is 4.79 Å². The number of hydrogen-bond donors (Lipinski definition) is 2. The van der Waals surface area contributed by atoms with Gasteiger partial charge >= 0.3 is 0 Å². The van der Waals surface area contributed by atoms with E-state index in [9.17, 15) is 4.79 Å². The van der Waals surface area contributed by atoms with Gasteiger partial charge in [0.1, 0.15) is 0 Å². The van der Waals surface area contributed by atoms with Crippen molar-refractivity contribution in [2.75, 3.05) is 0 Å². The van der Waals surface area contributed by atoms with Crippen LogP contribution in [0, 0.1) is 11.8 Å². The van der Waals surface area contributed by atoms with E-state index in [1.807, 2.05) is 0 Å². The Hall–Kier alpha value is -0.570. The first-order valence-electron chi connectivity index (χ1n) is 8.18. The Bertz CT molecular complexity index is 305. The van der Waals surface area contributed by atoms with Crippen LogP contribution in [0.5, 0.6) is 0 Å². The molecule has 0 spiro atoms. The van der Waals surface area contributed by atoms with E-state index < -0.39 is 0 Å². The molecule has 3 heteroatoms. The lowest BCUT2D eigenvalue weighted by atomic mass is 9.77. The van der Waals surface area contributed by atoms with Crippen LogP contribution in [0.4, 0.5) is 0 Å². The molecule has 1 saturated carbocycles. The SMILES string of the molecule is CCC(C)C(C)NC(=O)C1CCC2CCCCC2N1. The molecule has 0 radical (unpaired) electrons. The summed E-state index contributed by atoms with van der Waals surface area (Å²) in [7, 11) is 0. The van der Waals surface area contributed by atoms with Crippen LogP contribution < -0.4 is 10.6 Å². The van der Waals surface area contributed by atoms with Crippen LogP contribution in [-0.2, 0) is 4.79 Å². The van der Waals surface area contributed by atoms with E-state index in [4.69, 9.17) is 0 Å². The largest absolute Gasteiger partial charge is 0.352 e. The van der Waals surface area contributed by atoms with Gasteiger partial charge in [0.05, 0.1) is 6.04 Å². The zero-order valence-corrected chi connectivity index (χ0v) is 12.7. The summed E-state index contributed by atoms with van der Waals surface area (Å²) in [5.41, 5.74) is 0. The molecule has 1 amide bonds. The molecule has 0 bridgehead atoms. The van der Waals surface area contributed by atoms with Gasteiger partial charge in [-0.25, -0.2) is 0 Å². The lowest BCUT2D eigenvalue weighted by molar-refractivity contribution is -0.125. The highest BCUT2D eigenvalue weighted by molar-refractivity contribution is 5.82. The molecule has 1 aliphatic heterocycles. The minimum absolute atomic E-state index is 0.0471. The number of carbonyl (C=O) groups is 1. The summed E-state index contributed by atoms with van der Waals surface area (Å²) in [5, 5.41) is 6.80. The minimum atomic E-state index is 0.0471. The van der Waals surface area contributed by atoms with Crippen LogP contribution in [0.25, 0.3) is 0 Å². The Balaban J connectivity index is 1.83. The van der Waals surface area contributed by atoms with Crippen LogP contribution in [-0.4, -0.2) is 24.0 Å².